The number of aromatic amines is 1. The Morgan fingerprint density at radius 3 is 2.23 bits per heavy atom. The molecule has 0 spiro atoms. The molecular weight excluding hydrogens is 336 g/mol. The van der Waals surface area contributed by atoms with Gasteiger partial charge >= 0.3 is 5.97 Å². The minimum atomic E-state index is -0.657. The summed E-state index contributed by atoms with van der Waals surface area (Å²) in [6, 6.07) is -0.657. The molecule has 0 aliphatic heterocycles. The molecule has 146 valence electrons. The molecule has 0 saturated carbocycles. The number of H-pyrrole nitrogens is 1. The maximum Gasteiger partial charge on any atom is 0.354 e. The van der Waals surface area contributed by atoms with Crippen LogP contribution in [0.15, 0.2) is 0 Å². The predicted octanol–water partition coefficient (Wildman–Crippen LogP) is 2.51. The summed E-state index contributed by atoms with van der Waals surface area (Å²) >= 11 is 0. The summed E-state index contributed by atoms with van der Waals surface area (Å²) < 4.78 is 9.83. The van der Waals surface area contributed by atoms with Crippen molar-refractivity contribution in [1.82, 2.24) is 9.88 Å². The molecule has 0 fully saturated rings. The Labute approximate surface area is 155 Å². The zero-order valence-electron chi connectivity index (χ0n) is 16.8. The van der Waals surface area contributed by atoms with Gasteiger partial charge in [0.25, 0.3) is 0 Å². The first-order chi connectivity index (χ1) is 12.1. The fourth-order valence-electron chi connectivity index (χ4n) is 2.97. The molecule has 0 saturated heterocycles. The molecule has 1 aromatic heterocycles. The van der Waals surface area contributed by atoms with Gasteiger partial charge < -0.3 is 19.4 Å². The summed E-state index contributed by atoms with van der Waals surface area (Å²) in [6.07, 6.45) is 0.361. The van der Waals surface area contributed by atoms with Crippen molar-refractivity contribution in [2.45, 2.75) is 47.1 Å². The standard InChI is InChI=1S/C19H30N2O5/c1-11(2)10-15(22)21(8-9-25-6)14(5)18(23)16-12(3)17(19(24)26-7)20-13(16)4/h11,14,20H,8-10H2,1-7H3. The third kappa shape index (κ3) is 4.94. The lowest BCUT2D eigenvalue weighted by atomic mass is 9.99. The fourth-order valence-corrected chi connectivity index (χ4v) is 2.97. The Morgan fingerprint density at radius 1 is 1.12 bits per heavy atom. The van der Waals surface area contributed by atoms with Crippen LogP contribution in [0.3, 0.4) is 0 Å². The van der Waals surface area contributed by atoms with Gasteiger partial charge in [-0.1, -0.05) is 13.8 Å². The average molecular weight is 366 g/mol. The van der Waals surface area contributed by atoms with Gasteiger partial charge in [0.1, 0.15) is 5.69 Å². The predicted molar refractivity (Wildman–Crippen MR) is 98.4 cm³/mol. The van der Waals surface area contributed by atoms with Gasteiger partial charge in [0.05, 0.1) is 19.8 Å². The molecule has 1 rings (SSSR count). The van der Waals surface area contributed by atoms with Crippen LogP contribution < -0.4 is 0 Å². The maximum absolute atomic E-state index is 13.1. The lowest BCUT2D eigenvalue weighted by Gasteiger charge is -2.29. The van der Waals surface area contributed by atoms with Crippen molar-refractivity contribution in [3.63, 3.8) is 0 Å². The maximum atomic E-state index is 13.1. The fraction of sp³-hybridized carbons (Fsp3) is 0.632. The van der Waals surface area contributed by atoms with Crippen molar-refractivity contribution in [2.75, 3.05) is 27.4 Å². The van der Waals surface area contributed by atoms with Crippen LogP contribution in [0, 0.1) is 19.8 Å². The number of nitrogens with one attached hydrogen (secondary N) is 1. The number of carbonyl (C=O) groups excluding carboxylic acids is 3. The molecule has 1 amide bonds. The summed E-state index contributed by atoms with van der Waals surface area (Å²) in [5, 5.41) is 0. The molecule has 0 aliphatic rings. The number of nitrogens with zero attached hydrogens (tertiary/aromatic N) is 1. The van der Waals surface area contributed by atoms with E-state index in [1.807, 2.05) is 13.8 Å². The first kappa shape index (κ1) is 21.9. The third-order valence-electron chi connectivity index (χ3n) is 4.36. The van der Waals surface area contributed by atoms with E-state index in [4.69, 9.17) is 9.47 Å². The Bertz CT molecular complexity index is 663. The molecule has 1 unspecified atom stereocenters. The van der Waals surface area contributed by atoms with E-state index in [-0.39, 0.29) is 23.3 Å². The average Bonchev–Trinajstić information content (AvgIpc) is 2.87. The Balaban J connectivity index is 3.17. The highest BCUT2D eigenvalue weighted by Gasteiger charge is 2.31. The number of Topliss-reactive ketones (excluding diaryl/α,β-unsaturated/α-hetero) is 1. The second-order valence-corrected chi connectivity index (χ2v) is 6.83. The summed E-state index contributed by atoms with van der Waals surface area (Å²) in [5.74, 6) is -0.627. The number of rotatable bonds is 9. The van der Waals surface area contributed by atoms with E-state index in [1.54, 1.807) is 32.8 Å². The number of esters is 1. The molecular formula is C19H30N2O5. The minimum Gasteiger partial charge on any atom is -0.464 e. The van der Waals surface area contributed by atoms with Gasteiger partial charge in [-0.15, -0.1) is 0 Å². The molecule has 1 heterocycles. The highest BCUT2D eigenvalue weighted by molar-refractivity contribution is 6.06. The van der Waals surface area contributed by atoms with Crippen LogP contribution in [-0.4, -0.2) is 61.0 Å². The smallest absolute Gasteiger partial charge is 0.354 e. The topological polar surface area (TPSA) is 88.7 Å². The normalized spacial score (nSPS) is 12.2. The molecule has 0 aliphatic carbocycles. The highest BCUT2D eigenvalue weighted by Crippen LogP contribution is 2.22. The Morgan fingerprint density at radius 2 is 1.73 bits per heavy atom. The van der Waals surface area contributed by atoms with E-state index in [1.165, 1.54) is 7.11 Å². The Hall–Kier alpha value is -2.15. The molecule has 0 aromatic carbocycles. The number of hydrogen-bond acceptors (Lipinski definition) is 5. The highest BCUT2D eigenvalue weighted by atomic mass is 16.5. The largest absolute Gasteiger partial charge is 0.464 e. The third-order valence-corrected chi connectivity index (χ3v) is 4.36. The summed E-state index contributed by atoms with van der Waals surface area (Å²) in [5.41, 5.74) is 1.81. The quantitative estimate of drug-likeness (QED) is 0.536. The molecule has 7 nitrogen and oxygen atoms in total. The van der Waals surface area contributed by atoms with E-state index >= 15 is 0 Å². The number of amides is 1. The van der Waals surface area contributed by atoms with Crippen molar-refractivity contribution < 1.29 is 23.9 Å². The van der Waals surface area contributed by atoms with Gasteiger partial charge in [0.15, 0.2) is 5.78 Å². The van der Waals surface area contributed by atoms with Crippen LogP contribution in [0.25, 0.3) is 0 Å². The summed E-state index contributed by atoms with van der Waals surface area (Å²) in [6.45, 7) is 9.74. The molecule has 1 aromatic rings. The first-order valence-electron chi connectivity index (χ1n) is 8.75. The van der Waals surface area contributed by atoms with Crippen LogP contribution in [0.2, 0.25) is 0 Å². The molecule has 26 heavy (non-hydrogen) atoms. The summed E-state index contributed by atoms with van der Waals surface area (Å²) in [4.78, 5) is 42.0. The lowest BCUT2D eigenvalue weighted by Crippen LogP contribution is -2.45. The lowest BCUT2D eigenvalue weighted by molar-refractivity contribution is -0.133. The van der Waals surface area contributed by atoms with Gasteiger partial charge in [-0.3, -0.25) is 9.59 Å². The van der Waals surface area contributed by atoms with Crippen LogP contribution >= 0.6 is 0 Å². The molecule has 1 N–H and O–H groups in total. The number of ether oxygens (including phenoxy) is 2. The van der Waals surface area contributed by atoms with E-state index in [0.29, 0.717) is 36.4 Å². The second kappa shape index (κ2) is 9.52. The van der Waals surface area contributed by atoms with Gasteiger partial charge in [0.2, 0.25) is 5.91 Å². The number of aromatic nitrogens is 1. The van der Waals surface area contributed by atoms with Crippen molar-refractivity contribution >= 4 is 17.7 Å². The van der Waals surface area contributed by atoms with Crippen LogP contribution in [0.1, 0.15) is 59.3 Å². The van der Waals surface area contributed by atoms with E-state index in [9.17, 15) is 14.4 Å². The van der Waals surface area contributed by atoms with Gasteiger partial charge in [0, 0.05) is 31.3 Å². The number of methoxy groups -OCH3 is 2. The van der Waals surface area contributed by atoms with Crippen LogP contribution in [0.4, 0.5) is 0 Å². The number of carbonyl (C=O) groups is 3. The zero-order valence-corrected chi connectivity index (χ0v) is 16.8. The SMILES string of the molecule is COCCN(C(=O)CC(C)C)C(C)C(=O)c1c(C)[nH]c(C(=O)OC)c1C. The Kier molecular flexibility index (Phi) is 8.02. The van der Waals surface area contributed by atoms with E-state index in [2.05, 4.69) is 4.98 Å². The van der Waals surface area contributed by atoms with Gasteiger partial charge in [-0.05, 0) is 32.3 Å². The molecule has 0 radical (unpaired) electrons. The number of aryl methyl sites for hydroxylation is 1. The monoisotopic (exact) mass is 366 g/mol. The molecule has 1 atom stereocenters. The van der Waals surface area contributed by atoms with Crippen molar-refractivity contribution in [3.05, 3.63) is 22.5 Å². The summed E-state index contributed by atoms with van der Waals surface area (Å²) in [7, 11) is 2.85. The van der Waals surface area contributed by atoms with E-state index < -0.39 is 12.0 Å². The van der Waals surface area contributed by atoms with Crippen LogP contribution in [0.5, 0.6) is 0 Å². The molecule has 7 heteroatoms. The van der Waals surface area contributed by atoms with E-state index in [0.717, 1.165) is 0 Å². The number of hydrogen-bond donors (Lipinski definition) is 1. The zero-order chi connectivity index (χ0) is 20.0. The minimum absolute atomic E-state index is 0.0862. The number of ketones is 1. The van der Waals surface area contributed by atoms with Crippen LogP contribution in [-0.2, 0) is 14.3 Å². The first-order valence-corrected chi connectivity index (χ1v) is 8.75. The van der Waals surface area contributed by atoms with Crippen molar-refractivity contribution in [1.29, 1.82) is 0 Å². The van der Waals surface area contributed by atoms with Gasteiger partial charge in [-0.2, -0.15) is 0 Å². The van der Waals surface area contributed by atoms with Gasteiger partial charge in [-0.25, -0.2) is 4.79 Å². The second-order valence-electron chi connectivity index (χ2n) is 6.83. The van der Waals surface area contributed by atoms with Crippen molar-refractivity contribution in [3.8, 4) is 0 Å². The molecule has 0 bridgehead atoms. The van der Waals surface area contributed by atoms with Crippen molar-refractivity contribution in [2.24, 2.45) is 5.92 Å².